The van der Waals surface area contributed by atoms with Gasteiger partial charge in [0.2, 0.25) is 0 Å². The molecule has 0 radical (unpaired) electrons. The van der Waals surface area contributed by atoms with Gasteiger partial charge in [-0.05, 0) is 44.4 Å². The van der Waals surface area contributed by atoms with Gasteiger partial charge in [0.15, 0.2) is 0 Å². The number of anilines is 1. The van der Waals surface area contributed by atoms with Crippen molar-refractivity contribution in [1.82, 2.24) is 0 Å². The zero-order chi connectivity index (χ0) is 14.4. The summed E-state index contributed by atoms with van der Waals surface area (Å²) < 4.78 is 5.49. The van der Waals surface area contributed by atoms with E-state index >= 15 is 0 Å². The molecule has 0 heterocycles. The molecular weight excluding hydrogens is 238 g/mol. The predicted molar refractivity (Wildman–Crippen MR) is 79.6 cm³/mol. The lowest BCUT2D eigenvalue weighted by atomic mass is 10.1. The minimum atomic E-state index is -0.440. The van der Waals surface area contributed by atoms with Crippen LogP contribution in [0.15, 0.2) is 30.9 Å². The molecule has 3 heteroatoms. The van der Waals surface area contributed by atoms with Gasteiger partial charge in [0.1, 0.15) is 6.10 Å². The van der Waals surface area contributed by atoms with Crippen molar-refractivity contribution in [2.24, 2.45) is 0 Å². The summed E-state index contributed by atoms with van der Waals surface area (Å²) in [6.45, 7) is 10.0. The SMILES string of the molecule is C=CCCOC(C)C(=O)N(C)c1cccc(C)c1C. The number of likely N-dealkylation sites (N-methyl/N-ethyl adjacent to an activating group) is 1. The number of carbonyl (C=O) groups excluding carboxylic acids is 1. The van der Waals surface area contributed by atoms with Crippen LogP contribution in [0.5, 0.6) is 0 Å². The molecule has 0 spiro atoms. The molecule has 0 bridgehead atoms. The van der Waals surface area contributed by atoms with E-state index in [1.807, 2.05) is 32.0 Å². The molecule has 1 rings (SSSR count). The highest BCUT2D eigenvalue weighted by molar-refractivity contribution is 5.96. The molecule has 1 atom stereocenters. The summed E-state index contributed by atoms with van der Waals surface area (Å²) in [6.07, 6.45) is 2.10. The summed E-state index contributed by atoms with van der Waals surface area (Å²) >= 11 is 0. The molecule has 0 aliphatic rings. The number of hydrogen-bond donors (Lipinski definition) is 0. The third-order valence-corrected chi connectivity index (χ3v) is 3.31. The molecule has 1 aromatic rings. The van der Waals surface area contributed by atoms with Crippen LogP contribution in [0.4, 0.5) is 5.69 Å². The molecule has 19 heavy (non-hydrogen) atoms. The van der Waals surface area contributed by atoms with Crippen LogP contribution in [0.25, 0.3) is 0 Å². The van der Waals surface area contributed by atoms with Gasteiger partial charge >= 0.3 is 0 Å². The Morgan fingerprint density at radius 1 is 1.47 bits per heavy atom. The minimum absolute atomic E-state index is 0.0298. The van der Waals surface area contributed by atoms with E-state index in [1.54, 1.807) is 24.9 Å². The van der Waals surface area contributed by atoms with Gasteiger partial charge in [-0.2, -0.15) is 0 Å². The van der Waals surface area contributed by atoms with Gasteiger partial charge in [0.25, 0.3) is 5.91 Å². The molecule has 1 unspecified atom stereocenters. The highest BCUT2D eigenvalue weighted by Crippen LogP contribution is 2.22. The van der Waals surface area contributed by atoms with Gasteiger partial charge in [-0.3, -0.25) is 4.79 Å². The number of aryl methyl sites for hydroxylation is 1. The number of benzene rings is 1. The number of hydrogen-bond acceptors (Lipinski definition) is 2. The summed E-state index contributed by atoms with van der Waals surface area (Å²) in [7, 11) is 1.79. The third-order valence-electron chi connectivity index (χ3n) is 3.31. The maximum absolute atomic E-state index is 12.3. The Hall–Kier alpha value is -1.61. The Kier molecular flexibility index (Phi) is 5.77. The van der Waals surface area contributed by atoms with E-state index < -0.39 is 6.10 Å². The summed E-state index contributed by atoms with van der Waals surface area (Å²) in [5.74, 6) is -0.0298. The van der Waals surface area contributed by atoms with Crippen molar-refractivity contribution in [3.8, 4) is 0 Å². The number of amides is 1. The van der Waals surface area contributed by atoms with Crippen LogP contribution in [0.3, 0.4) is 0 Å². The van der Waals surface area contributed by atoms with Crippen molar-refractivity contribution in [1.29, 1.82) is 0 Å². The monoisotopic (exact) mass is 261 g/mol. The second-order valence-corrected chi connectivity index (χ2v) is 4.71. The molecule has 1 amide bonds. The van der Waals surface area contributed by atoms with Gasteiger partial charge in [0.05, 0.1) is 6.61 Å². The molecule has 3 nitrogen and oxygen atoms in total. The standard InChI is InChI=1S/C16H23NO2/c1-6-7-11-19-14(4)16(18)17(5)15-10-8-9-12(2)13(15)3/h6,8-10,14H,1,7,11H2,2-5H3. The molecule has 0 fully saturated rings. The van der Waals surface area contributed by atoms with E-state index in [1.165, 1.54) is 5.56 Å². The Balaban J connectivity index is 2.76. The van der Waals surface area contributed by atoms with E-state index in [2.05, 4.69) is 6.58 Å². The van der Waals surface area contributed by atoms with Crippen LogP contribution in [-0.4, -0.2) is 25.7 Å². The predicted octanol–water partition coefficient (Wildman–Crippen LogP) is 3.25. The first-order valence-corrected chi connectivity index (χ1v) is 6.55. The zero-order valence-corrected chi connectivity index (χ0v) is 12.3. The first-order valence-electron chi connectivity index (χ1n) is 6.55. The third kappa shape index (κ3) is 3.93. The second-order valence-electron chi connectivity index (χ2n) is 4.71. The van der Waals surface area contributed by atoms with Crippen LogP contribution >= 0.6 is 0 Å². The zero-order valence-electron chi connectivity index (χ0n) is 12.3. The minimum Gasteiger partial charge on any atom is -0.368 e. The van der Waals surface area contributed by atoms with E-state index in [0.717, 1.165) is 17.7 Å². The summed E-state index contributed by atoms with van der Waals surface area (Å²) in [5, 5.41) is 0. The molecule has 0 aromatic heterocycles. The summed E-state index contributed by atoms with van der Waals surface area (Å²) in [6, 6.07) is 5.96. The van der Waals surface area contributed by atoms with Gasteiger partial charge < -0.3 is 9.64 Å². The number of carbonyl (C=O) groups is 1. The maximum atomic E-state index is 12.3. The second kappa shape index (κ2) is 7.10. The number of rotatable bonds is 6. The molecule has 0 aliphatic heterocycles. The lowest BCUT2D eigenvalue weighted by Crippen LogP contribution is -2.37. The summed E-state index contributed by atoms with van der Waals surface area (Å²) in [5.41, 5.74) is 3.23. The van der Waals surface area contributed by atoms with Crippen LogP contribution in [0.1, 0.15) is 24.5 Å². The smallest absolute Gasteiger partial charge is 0.255 e. The highest BCUT2D eigenvalue weighted by atomic mass is 16.5. The van der Waals surface area contributed by atoms with E-state index in [9.17, 15) is 4.79 Å². The number of nitrogens with zero attached hydrogens (tertiary/aromatic N) is 1. The summed E-state index contributed by atoms with van der Waals surface area (Å²) in [4.78, 5) is 13.9. The van der Waals surface area contributed by atoms with Crippen molar-refractivity contribution in [3.05, 3.63) is 42.0 Å². The fraction of sp³-hybridized carbons (Fsp3) is 0.438. The normalized spacial score (nSPS) is 12.0. The van der Waals surface area contributed by atoms with E-state index in [-0.39, 0.29) is 5.91 Å². The topological polar surface area (TPSA) is 29.5 Å². The largest absolute Gasteiger partial charge is 0.368 e. The fourth-order valence-corrected chi connectivity index (χ4v) is 1.89. The van der Waals surface area contributed by atoms with Crippen LogP contribution in [0.2, 0.25) is 0 Å². The van der Waals surface area contributed by atoms with Crippen molar-refractivity contribution in [3.63, 3.8) is 0 Å². The molecule has 0 N–H and O–H groups in total. The Morgan fingerprint density at radius 2 is 2.16 bits per heavy atom. The van der Waals surface area contributed by atoms with Gasteiger partial charge in [-0.1, -0.05) is 18.2 Å². The lowest BCUT2D eigenvalue weighted by Gasteiger charge is -2.24. The average Bonchev–Trinajstić information content (AvgIpc) is 2.40. The first-order chi connectivity index (χ1) is 8.99. The van der Waals surface area contributed by atoms with Gasteiger partial charge in [-0.15, -0.1) is 6.58 Å². The first kappa shape index (κ1) is 15.4. The maximum Gasteiger partial charge on any atom is 0.255 e. The molecular formula is C16H23NO2. The number of ether oxygens (including phenoxy) is 1. The van der Waals surface area contributed by atoms with E-state index in [0.29, 0.717) is 6.61 Å². The van der Waals surface area contributed by atoms with Crippen LogP contribution in [-0.2, 0) is 9.53 Å². The van der Waals surface area contributed by atoms with Crippen molar-refractivity contribution >= 4 is 11.6 Å². The Morgan fingerprint density at radius 3 is 2.79 bits per heavy atom. The quantitative estimate of drug-likeness (QED) is 0.581. The molecule has 0 saturated heterocycles. The van der Waals surface area contributed by atoms with Crippen molar-refractivity contribution < 1.29 is 9.53 Å². The Labute approximate surface area is 115 Å². The van der Waals surface area contributed by atoms with Crippen LogP contribution < -0.4 is 4.90 Å². The molecule has 0 aliphatic carbocycles. The lowest BCUT2D eigenvalue weighted by molar-refractivity contribution is -0.128. The molecule has 104 valence electrons. The van der Waals surface area contributed by atoms with Crippen LogP contribution in [0, 0.1) is 13.8 Å². The van der Waals surface area contributed by atoms with Gasteiger partial charge in [0, 0.05) is 12.7 Å². The Bertz CT molecular complexity index is 454. The molecule has 1 aromatic carbocycles. The highest BCUT2D eigenvalue weighted by Gasteiger charge is 2.20. The molecule has 0 saturated carbocycles. The fourth-order valence-electron chi connectivity index (χ4n) is 1.89. The van der Waals surface area contributed by atoms with Crippen molar-refractivity contribution in [2.75, 3.05) is 18.6 Å². The van der Waals surface area contributed by atoms with Crippen molar-refractivity contribution in [2.45, 2.75) is 33.3 Å². The van der Waals surface area contributed by atoms with Gasteiger partial charge in [-0.25, -0.2) is 0 Å². The average molecular weight is 261 g/mol. The van der Waals surface area contributed by atoms with E-state index in [4.69, 9.17) is 4.74 Å².